The number of benzene rings is 1. The highest BCUT2D eigenvalue weighted by Crippen LogP contribution is 2.29. The van der Waals surface area contributed by atoms with Crippen molar-refractivity contribution >= 4 is 11.6 Å². The number of para-hydroxylation sites is 1. The lowest BCUT2D eigenvalue weighted by Gasteiger charge is -2.37. The quantitative estimate of drug-likeness (QED) is 0.630. The molecule has 1 saturated heterocycles. The first-order valence-corrected chi connectivity index (χ1v) is 8.30. The Hall–Kier alpha value is -2.67. The van der Waals surface area contributed by atoms with Gasteiger partial charge in [0.15, 0.2) is 5.76 Å². The highest BCUT2D eigenvalue weighted by molar-refractivity contribution is 5.91. The van der Waals surface area contributed by atoms with Gasteiger partial charge in [0, 0.05) is 43.9 Å². The SMILES string of the molecule is Cc1ccc(C(=O)N2CCN([C@@H](C)c3ccccc3[N+](=O)[O-])CC2)o1. The molecule has 7 heteroatoms. The van der Waals surface area contributed by atoms with Crippen molar-refractivity contribution in [2.24, 2.45) is 0 Å². The zero-order chi connectivity index (χ0) is 18.0. The van der Waals surface area contributed by atoms with Crippen LogP contribution in [0.2, 0.25) is 0 Å². The second-order valence-corrected chi connectivity index (χ2v) is 6.23. The molecule has 1 aliphatic rings. The van der Waals surface area contributed by atoms with E-state index in [1.54, 1.807) is 29.2 Å². The highest BCUT2D eigenvalue weighted by atomic mass is 16.6. The lowest BCUT2D eigenvalue weighted by Crippen LogP contribution is -2.49. The van der Waals surface area contributed by atoms with Crippen molar-refractivity contribution in [2.75, 3.05) is 26.2 Å². The predicted octanol–water partition coefficient (Wildman–Crippen LogP) is 3.02. The summed E-state index contributed by atoms with van der Waals surface area (Å²) < 4.78 is 5.40. The minimum Gasteiger partial charge on any atom is -0.456 e. The Morgan fingerprint density at radius 3 is 2.44 bits per heavy atom. The number of hydrogen-bond acceptors (Lipinski definition) is 5. The fourth-order valence-electron chi connectivity index (χ4n) is 3.22. The fourth-order valence-corrected chi connectivity index (χ4v) is 3.22. The summed E-state index contributed by atoms with van der Waals surface area (Å²) in [6.07, 6.45) is 0. The molecular weight excluding hydrogens is 322 g/mol. The lowest BCUT2D eigenvalue weighted by molar-refractivity contribution is -0.386. The maximum atomic E-state index is 12.4. The number of aryl methyl sites for hydroxylation is 1. The average Bonchev–Trinajstić information content (AvgIpc) is 3.07. The molecule has 1 aromatic carbocycles. The molecule has 3 rings (SSSR count). The molecule has 0 N–H and O–H groups in total. The van der Waals surface area contributed by atoms with Crippen molar-refractivity contribution in [3.63, 3.8) is 0 Å². The molecule has 1 aliphatic heterocycles. The van der Waals surface area contributed by atoms with Gasteiger partial charge in [-0.1, -0.05) is 18.2 Å². The van der Waals surface area contributed by atoms with Crippen LogP contribution in [-0.4, -0.2) is 46.8 Å². The fraction of sp³-hybridized carbons (Fsp3) is 0.389. The van der Waals surface area contributed by atoms with Gasteiger partial charge in [-0.15, -0.1) is 0 Å². The van der Waals surface area contributed by atoms with Crippen LogP contribution in [0.25, 0.3) is 0 Å². The summed E-state index contributed by atoms with van der Waals surface area (Å²) in [5.74, 6) is 0.968. The largest absolute Gasteiger partial charge is 0.456 e. The maximum Gasteiger partial charge on any atom is 0.289 e. The molecule has 25 heavy (non-hydrogen) atoms. The van der Waals surface area contributed by atoms with E-state index in [1.165, 1.54) is 6.07 Å². The Bertz CT molecular complexity index is 778. The molecule has 132 valence electrons. The van der Waals surface area contributed by atoms with Gasteiger partial charge in [0.2, 0.25) is 0 Å². The van der Waals surface area contributed by atoms with E-state index in [0.717, 1.165) is 0 Å². The number of amides is 1. The van der Waals surface area contributed by atoms with Crippen molar-refractivity contribution in [1.82, 2.24) is 9.80 Å². The highest BCUT2D eigenvalue weighted by Gasteiger charge is 2.29. The Kier molecular flexibility index (Phi) is 4.85. The van der Waals surface area contributed by atoms with Gasteiger partial charge in [-0.2, -0.15) is 0 Å². The third-order valence-corrected chi connectivity index (χ3v) is 4.68. The molecule has 0 unspecified atom stereocenters. The van der Waals surface area contributed by atoms with Crippen LogP contribution in [0.15, 0.2) is 40.8 Å². The topological polar surface area (TPSA) is 79.8 Å². The number of nitro groups is 1. The second kappa shape index (κ2) is 7.06. The smallest absolute Gasteiger partial charge is 0.289 e. The molecule has 0 spiro atoms. The van der Waals surface area contributed by atoms with E-state index in [2.05, 4.69) is 4.90 Å². The summed E-state index contributed by atoms with van der Waals surface area (Å²) in [6.45, 7) is 6.25. The van der Waals surface area contributed by atoms with Gasteiger partial charge in [-0.05, 0) is 26.0 Å². The van der Waals surface area contributed by atoms with E-state index in [4.69, 9.17) is 4.42 Å². The third kappa shape index (κ3) is 3.56. The molecule has 0 bridgehead atoms. The molecule has 0 radical (unpaired) electrons. The summed E-state index contributed by atoms with van der Waals surface area (Å²) >= 11 is 0. The van der Waals surface area contributed by atoms with Crippen molar-refractivity contribution in [2.45, 2.75) is 19.9 Å². The van der Waals surface area contributed by atoms with Crippen LogP contribution in [0.1, 0.15) is 34.8 Å². The number of carbonyl (C=O) groups excluding carboxylic acids is 1. The van der Waals surface area contributed by atoms with Crippen molar-refractivity contribution in [3.05, 3.63) is 63.6 Å². The van der Waals surface area contributed by atoms with E-state index >= 15 is 0 Å². The number of nitro benzene ring substituents is 1. The van der Waals surface area contributed by atoms with Crippen LogP contribution >= 0.6 is 0 Å². The molecular formula is C18H21N3O4. The standard InChI is InChI=1S/C18H21N3O4/c1-13-7-8-17(25-13)18(22)20-11-9-19(10-12-20)14(2)15-5-3-4-6-16(15)21(23)24/h3-8,14H,9-12H2,1-2H3/t14-/m0/s1. The van der Waals surface area contributed by atoms with E-state index < -0.39 is 0 Å². The first kappa shape index (κ1) is 17.2. The maximum absolute atomic E-state index is 12.4. The summed E-state index contributed by atoms with van der Waals surface area (Å²) in [7, 11) is 0. The summed E-state index contributed by atoms with van der Waals surface area (Å²) in [5, 5.41) is 11.2. The number of furan rings is 1. The number of rotatable bonds is 4. The normalized spacial score (nSPS) is 16.6. The Morgan fingerprint density at radius 2 is 1.84 bits per heavy atom. The molecule has 0 aliphatic carbocycles. The number of hydrogen-bond donors (Lipinski definition) is 0. The first-order chi connectivity index (χ1) is 12.0. The van der Waals surface area contributed by atoms with E-state index in [9.17, 15) is 14.9 Å². The van der Waals surface area contributed by atoms with E-state index in [1.807, 2.05) is 19.9 Å². The van der Waals surface area contributed by atoms with Crippen molar-refractivity contribution in [1.29, 1.82) is 0 Å². The molecule has 1 aromatic heterocycles. The molecule has 0 saturated carbocycles. The second-order valence-electron chi connectivity index (χ2n) is 6.23. The van der Waals surface area contributed by atoms with Crippen molar-refractivity contribution < 1.29 is 14.1 Å². The Balaban J connectivity index is 1.66. The average molecular weight is 343 g/mol. The third-order valence-electron chi connectivity index (χ3n) is 4.68. The van der Waals surface area contributed by atoms with E-state index in [0.29, 0.717) is 43.3 Å². The number of carbonyl (C=O) groups is 1. The molecule has 2 aromatic rings. The molecule has 1 fully saturated rings. The van der Waals surface area contributed by atoms with Crippen molar-refractivity contribution in [3.8, 4) is 0 Å². The molecule has 1 amide bonds. The first-order valence-electron chi connectivity index (χ1n) is 8.30. The van der Waals surface area contributed by atoms with Crippen LogP contribution in [-0.2, 0) is 0 Å². The van der Waals surface area contributed by atoms with Crippen LogP contribution in [0.3, 0.4) is 0 Å². The van der Waals surface area contributed by atoms with Crippen LogP contribution in [0.5, 0.6) is 0 Å². The Morgan fingerprint density at radius 1 is 1.16 bits per heavy atom. The lowest BCUT2D eigenvalue weighted by atomic mass is 10.0. The van der Waals surface area contributed by atoms with Gasteiger partial charge in [0.25, 0.3) is 11.6 Å². The van der Waals surface area contributed by atoms with Crippen LogP contribution in [0.4, 0.5) is 5.69 Å². The molecule has 2 heterocycles. The number of nitrogens with zero attached hydrogens (tertiary/aromatic N) is 3. The monoisotopic (exact) mass is 343 g/mol. The van der Waals surface area contributed by atoms with Gasteiger partial charge < -0.3 is 9.32 Å². The molecule has 7 nitrogen and oxygen atoms in total. The predicted molar refractivity (Wildman–Crippen MR) is 92.4 cm³/mol. The number of piperazine rings is 1. The minimum absolute atomic E-state index is 0.0790. The summed E-state index contributed by atoms with van der Waals surface area (Å²) in [5.41, 5.74) is 0.841. The Labute approximate surface area is 146 Å². The van der Waals surface area contributed by atoms with Gasteiger partial charge in [0.05, 0.1) is 4.92 Å². The summed E-state index contributed by atoms with van der Waals surface area (Å²) in [6, 6.07) is 10.2. The van der Waals surface area contributed by atoms with Gasteiger partial charge >= 0.3 is 0 Å². The minimum atomic E-state index is -0.342. The molecule has 1 atom stereocenters. The van der Waals surface area contributed by atoms with Gasteiger partial charge in [-0.25, -0.2) is 0 Å². The zero-order valence-corrected chi connectivity index (χ0v) is 14.3. The van der Waals surface area contributed by atoms with Gasteiger partial charge in [-0.3, -0.25) is 19.8 Å². The summed E-state index contributed by atoms with van der Waals surface area (Å²) in [4.78, 5) is 27.2. The van der Waals surface area contributed by atoms with Crippen LogP contribution < -0.4 is 0 Å². The zero-order valence-electron chi connectivity index (χ0n) is 14.3. The van der Waals surface area contributed by atoms with Crippen LogP contribution in [0, 0.1) is 17.0 Å². The van der Waals surface area contributed by atoms with Gasteiger partial charge in [0.1, 0.15) is 5.76 Å². The van der Waals surface area contributed by atoms with E-state index in [-0.39, 0.29) is 22.6 Å².